The van der Waals surface area contributed by atoms with Crippen LogP contribution in [0.5, 0.6) is 5.75 Å². The summed E-state index contributed by atoms with van der Waals surface area (Å²) < 4.78 is 7.41. The number of nitrogens with two attached hydrogens (primary N) is 1. The average molecular weight is 440 g/mol. The highest BCUT2D eigenvalue weighted by Gasteiger charge is 2.31. The van der Waals surface area contributed by atoms with Crippen LogP contribution in [0.25, 0.3) is 0 Å². The van der Waals surface area contributed by atoms with Crippen molar-refractivity contribution in [3.05, 3.63) is 41.6 Å². The summed E-state index contributed by atoms with van der Waals surface area (Å²) in [7, 11) is 1.73. The van der Waals surface area contributed by atoms with Crippen LogP contribution in [0.4, 0.5) is 5.82 Å². The van der Waals surface area contributed by atoms with E-state index in [4.69, 9.17) is 10.5 Å². The molecule has 0 bridgehead atoms. The molecule has 4 rings (SSSR count). The molecule has 2 saturated heterocycles. The molecule has 1 aromatic carbocycles. The predicted octanol–water partition coefficient (Wildman–Crippen LogP) is 1.74. The van der Waals surface area contributed by atoms with Gasteiger partial charge in [0.15, 0.2) is 11.6 Å². The molecule has 2 N–H and O–H groups in total. The Bertz CT molecular complexity index is 1010. The Morgan fingerprint density at radius 3 is 2.56 bits per heavy atom. The fourth-order valence-electron chi connectivity index (χ4n) is 4.41. The number of ketones is 1. The van der Waals surface area contributed by atoms with Crippen molar-refractivity contribution in [2.24, 2.45) is 13.0 Å². The minimum Gasteiger partial charge on any atom is -0.491 e. The van der Waals surface area contributed by atoms with E-state index in [-0.39, 0.29) is 29.3 Å². The lowest BCUT2D eigenvalue weighted by molar-refractivity contribution is -0.128. The zero-order valence-electron chi connectivity index (χ0n) is 18.3. The number of piperidine rings is 1. The van der Waals surface area contributed by atoms with Gasteiger partial charge in [-0.3, -0.25) is 19.1 Å². The van der Waals surface area contributed by atoms with Crippen LogP contribution in [-0.4, -0.2) is 70.0 Å². The Hall–Kier alpha value is -3.36. The fraction of sp³-hybridized carbons (Fsp3) is 0.478. The number of para-hydroxylation sites is 1. The van der Waals surface area contributed by atoms with Crippen molar-refractivity contribution in [2.45, 2.75) is 25.7 Å². The summed E-state index contributed by atoms with van der Waals surface area (Å²) in [6, 6.07) is 7.18. The molecule has 9 heteroatoms. The number of carbonyl (C=O) groups excluding carboxylic acids is 3. The van der Waals surface area contributed by atoms with Crippen LogP contribution in [0.3, 0.4) is 0 Å². The van der Waals surface area contributed by atoms with Gasteiger partial charge in [-0.05, 0) is 31.4 Å². The number of nitrogens with zero attached hydrogens (tertiary/aromatic N) is 4. The lowest BCUT2D eigenvalue weighted by Crippen LogP contribution is -2.40. The molecule has 0 aliphatic carbocycles. The third kappa shape index (κ3) is 4.61. The van der Waals surface area contributed by atoms with E-state index in [1.807, 2.05) is 12.1 Å². The summed E-state index contributed by atoms with van der Waals surface area (Å²) in [4.78, 5) is 41.3. The monoisotopic (exact) mass is 439 g/mol. The van der Waals surface area contributed by atoms with Gasteiger partial charge in [-0.1, -0.05) is 12.1 Å². The SMILES string of the molecule is Cn1cc(C(=O)C2CCN(C(=O)c3ccccc3OCCN3CCCC3=O)CC2)c(N)n1. The average Bonchev–Trinajstić information content (AvgIpc) is 3.37. The lowest BCUT2D eigenvalue weighted by Gasteiger charge is -2.31. The van der Waals surface area contributed by atoms with Gasteiger partial charge in [-0.2, -0.15) is 5.10 Å². The van der Waals surface area contributed by atoms with Crippen molar-refractivity contribution >= 4 is 23.4 Å². The number of amides is 2. The molecular formula is C23H29N5O4. The standard InChI is InChI=1S/C23H29N5O4/c1-26-15-18(22(24)25-26)21(30)16-8-11-28(12-9-16)23(31)17-5-2-3-6-19(17)32-14-13-27-10-4-7-20(27)29/h2-3,5-6,15-16H,4,7-14H2,1H3,(H2,24,25). The van der Waals surface area contributed by atoms with E-state index in [0.29, 0.717) is 62.4 Å². The van der Waals surface area contributed by atoms with Gasteiger partial charge in [0.05, 0.1) is 17.7 Å². The second-order valence-electron chi connectivity index (χ2n) is 8.36. The third-order valence-electron chi connectivity index (χ3n) is 6.18. The predicted molar refractivity (Wildman–Crippen MR) is 118 cm³/mol. The molecule has 170 valence electrons. The first-order valence-corrected chi connectivity index (χ1v) is 11.1. The van der Waals surface area contributed by atoms with Gasteiger partial charge in [-0.15, -0.1) is 0 Å². The highest BCUT2D eigenvalue weighted by Crippen LogP contribution is 2.27. The molecule has 0 unspecified atom stereocenters. The molecule has 0 saturated carbocycles. The number of carbonyl (C=O) groups is 3. The zero-order valence-corrected chi connectivity index (χ0v) is 18.3. The topological polar surface area (TPSA) is 111 Å². The molecule has 2 aliphatic heterocycles. The van der Waals surface area contributed by atoms with Gasteiger partial charge in [-0.25, -0.2) is 0 Å². The lowest BCUT2D eigenvalue weighted by atomic mass is 9.89. The van der Waals surface area contributed by atoms with Crippen molar-refractivity contribution in [3.63, 3.8) is 0 Å². The van der Waals surface area contributed by atoms with Gasteiger partial charge in [0.1, 0.15) is 12.4 Å². The maximum Gasteiger partial charge on any atom is 0.257 e. The van der Waals surface area contributed by atoms with Crippen molar-refractivity contribution in [1.29, 1.82) is 0 Å². The Morgan fingerprint density at radius 2 is 1.91 bits per heavy atom. The van der Waals surface area contributed by atoms with Gasteiger partial charge < -0.3 is 20.3 Å². The minimum atomic E-state index is -0.171. The number of rotatable bonds is 7. The third-order valence-corrected chi connectivity index (χ3v) is 6.18. The molecule has 0 radical (unpaired) electrons. The van der Waals surface area contributed by atoms with Crippen LogP contribution in [0.1, 0.15) is 46.4 Å². The number of aromatic nitrogens is 2. The molecule has 0 atom stereocenters. The Morgan fingerprint density at radius 1 is 1.16 bits per heavy atom. The summed E-state index contributed by atoms with van der Waals surface area (Å²) in [5.41, 5.74) is 6.80. The fourth-order valence-corrected chi connectivity index (χ4v) is 4.41. The molecule has 1 aromatic heterocycles. The number of hydrogen-bond donors (Lipinski definition) is 1. The molecule has 2 aromatic rings. The molecule has 0 spiro atoms. The molecular weight excluding hydrogens is 410 g/mol. The summed E-state index contributed by atoms with van der Waals surface area (Å²) in [6.07, 6.45) is 4.30. The van der Waals surface area contributed by atoms with E-state index in [0.717, 1.165) is 13.0 Å². The normalized spacial score (nSPS) is 17.1. The minimum absolute atomic E-state index is 0.0112. The molecule has 2 aliphatic rings. The number of anilines is 1. The maximum atomic E-state index is 13.2. The molecule has 2 amide bonds. The Balaban J connectivity index is 1.34. The Labute approximate surface area is 187 Å². The highest BCUT2D eigenvalue weighted by atomic mass is 16.5. The number of nitrogen functional groups attached to an aromatic ring is 1. The highest BCUT2D eigenvalue weighted by molar-refractivity contribution is 6.02. The van der Waals surface area contributed by atoms with Crippen molar-refractivity contribution in [2.75, 3.05) is 38.5 Å². The maximum absolute atomic E-state index is 13.2. The van der Waals surface area contributed by atoms with E-state index < -0.39 is 0 Å². The summed E-state index contributed by atoms with van der Waals surface area (Å²) in [5.74, 6) is 0.634. The van der Waals surface area contributed by atoms with Crippen LogP contribution < -0.4 is 10.5 Å². The summed E-state index contributed by atoms with van der Waals surface area (Å²) in [6.45, 7) is 2.62. The second kappa shape index (κ2) is 9.42. The van der Waals surface area contributed by atoms with E-state index >= 15 is 0 Å². The summed E-state index contributed by atoms with van der Waals surface area (Å²) in [5, 5.41) is 4.05. The van der Waals surface area contributed by atoms with Crippen molar-refractivity contribution in [3.8, 4) is 5.75 Å². The van der Waals surface area contributed by atoms with Crippen LogP contribution in [-0.2, 0) is 11.8 Å². The first-order valence-electron chi connectivity index (χ1n) is 11.1. The van der Waals surface area contributed by atoms with Crippen LogP contribution >= 0.6 is 0 Å². The Kier molecular flexibility index (Phi) is 6.43. The van der Waals surface area contributed by atoms with Gasteiger partial charge in [0.2, 0.25) is 5.91 Å². The van der Waals surface area contributed by atoms with Gasteiger partial charge >= 0.3 is 0 Å². The van der Waals surface area contributed by atoms with Crippen LogP contribution in [0.15, 0.2) is 30.5 Å². The number of benzene rings is 1. The molecule has 9 nitrogen and oxygen atoms in total. The summed E-state index contributed by atoms with van der Waals surface area (Å²) >= 11 is 0. The second-order valence-corrected chi connectivity index (χ2v) is 8.36. The quantitative estimate of drug-likeness (QED) is 0.658. The molecule has 32 heavy (non-hydrogen) atoms. The number of ether oxygens (including phenoxy) is 1. The van der Waals surface area contributed by atoms with Crippen LogP contribution in [0, 0.1) is 5.92 Å². The van der Waals surface area contributed by atoms with Gasteiger partial charge in [0.25, 0.3) is 5.91 Å². The van der Waals surface area contributed by atoms with Gasteiger partial charge in [0, 0.05) is 45.2 Å². The number of hydrogen-bond acceptors (Lipinski definition) is 6. The number of aryl methyl sites for hydroxylation is 1. The van der Waals surface area contributed by atoms with E-state index in [1.54, 1.807) is 35.2 Å². The molecule has 2 fully saturated rings. The van der Waals surface area contributed by atoms with Crippen molar-refractivity contribution in [1.82, 2.24) is 19.6 Å². The number of likely N-dealkylation sites (tertiary alicyclic amines) is 2. The van der Waals surface area contributed by atoms with E-state index in [2.05, 4.69) is 5.10 Å². The zero-order chi connectivity index (χ0) is 22.7. The molecule has 3 heterocycles. The first kappa shape index (κ1) is 21.9. The smallest absolute Gasteiger partial charge is 0.257 e. The van der Waals surface area contributed by atoms with E-state index in [1.165, 1.54) is 4.68 Å². The van der Waals surface area contributed by atoms with Crippen molar-refractivity contribution < 1.29 is 19.1 Å². The van der Waals surface area contributed by atoms with Crippen LogP contribution in [0.2, 0.25) is 0 Å². The first-order chi connectivity index (χ1) is 15.4. The van der Waals surface area contributed by atoms with E-state index in [9.17, 15) is 14.4 Å². The number of Topliss-reactive ketones (excluding diaryl/α,β-unsaturated/α-hetero) is 1. The largest absolute Gasteiger partial charge is 0.491 e.